The third kappa shape index (κ3) is 2.86. The molecular weight excluding hydrogens is 272 g/mol. The van der Waals surface area contributed by atoms with E-state index in [1.165, 1.54) is 19.8 Å². The van der Waals surface area contributed by atoms with Crippen LogP contribution in [0.1, 0.15) is 23.4 Å². The number of likely N-dealkylation sites (N-methyl/N-ethyl adjacent to an activating group) is 1. The molecule has 1 unspecified atom stereocenters. The SMILES string of the molecule is CCNC(Cc1ccncc1)c1cc2sccc2s1. The van der Waals surface area contributed by atoms with Gasteiger partial charge >= 0.3 is 0 Å². The first-order valence-corrected chi connectivity index (χ1v) is 8.15. The van der Waals surface area contributed by atoms with E-state index < -0.39 is 0 Å². The van der Waals surface area contributed by atoms with Gasteiger partial charge in [-0.05, 0) is 48.2 Å². The number of rotatable bonds is 5. The summed E-state index contributed by atoms with van der Waals surface area (Å²) in [6.07, 6.45) is 4.75. The summed E-state index contributed by atoms with van der Waals surface area (Å²) in [6, 6.07) is 9.14. The topological polar surface area (TPSA) is 24.9 Å². The molecule has 0 bridgehead atoms. The number of hydrogen-bond acceptors (Lipinski definition) is 4. The molecule has 3 aromatic heterocycles. The van der Waals surface area contributed by atoms with Crippen LogP contribution in [-0.4, -0.2) is 11.5 Å². The molecule has 0 aliphatic heterocycles. The molecule has 0 saturated heterocycles. The molecule has 19 heavy (non-hydrogen) atoms. The first-order valence-electron chi connectivity index (χ1n) is 6.46. The van der Waals surface area contributed by atoms with E-state index in [1.54, 1.807) is 0 Å². The Morgan fingerprint density at radius 3 is 2.79 bits per heavy atom. The monoisotopic (exact) mass is 288 g/mol. The number of nitrogens with one attached hydrogen (secondary N) is 1. The van der Waals surface area contributed by atoms with Crippen molar-refractivity contribution in [3.63, 3.8) is 0 Å². The van der Waals surface area contributed by atoms with Gasteiger partial charge in [0.1, 0.15) is 0 Å². The normalized spacial score (nSPS) is 12.9. The fourth-order valence-electron chi connectivity index (χ4n) is 2.23. The lowest BCUT2D eigenvalue weighted by molar-refractivity contribution is 0.558. The molecule has 2 nitrogen and oxygen atoms in total. The predicted molar refractivity (Wildman–Crippen MR) is 84.1 cm³/mol. The van der Waals surface area contributed by atoms with Crippen molar-refractivity contribution >= 4 is 32.1 Å². The molecule has 1 atom stereocenters. The minimum absolute atomic E-state index is 0.400. The molecule has 3 heterocycles. The van der Waals surface area contributed by atoms with E-state index in [2.05, 4.69) is 46.9 Å². The van der Waals surface area contributed by atoms with Crippen molar-refractivity contribution in [1.82, 2.24) is 10.3 Å². The molecular formula is C15H16N2S2. The lowest BCUT2D eigenvalue weighted by Crippen LogP contribution is -2.22. The molecule has 0 amide bonds. The second kappa shape index (κ2) is 5.82. The molecule has 1 N–H and O–H groups in total. The van der Waals surface area contributed by atoms with E-state index >= 15 is 0 Å². The number of aromatic nitrogens is 1. The van der Waals surface area contributed by atoms with Crippen molar-refractivity contribution in [2.45, 2.75) is 19.4 Å². The average molecular weight is 288 g/mol. The molecule has 0 fully saturated rings. The van der Waals surface area contributed by atoms with Gasteiger partial charge in [-0.3, -0.25) is 4.98 Å². The Balaban J connectivity index is 1.86. The van der Waals surface area contributed by atoms with Gasteiger partial charge in [0.05, 0.1) is 0 Å². The zero-order valence-electron chi connectivity index (χ0n) is 10.8. The summed E-state index contributed by atoms with van der Waals surface area (Å²) in [5.41, 5.74) is 1.33. The van der Waals surface area contributed by atoms with Crippen molar-refractivity contribution in [3.05, 3.63) is 52.5 Å². The molecule has 0 saturated carbocycles. The Labute approximate surface area is 121 Å². The van der Waals surface area contributed by atoms with E-state index in [4.69, 9.17) is 0 Å². The number of nitrogens with zero attached hydrogens (tertiary/aromatic N) is 1. The van der Waals surface area contributed by atoms with E-state index in [9.17, 15) is 0 Å². The largest absolute Gasteiger partial charge is 0.309 e. The van der Waals surface area contributed by atoms with Crippen LogP contribution in [-0.2, 0) is 6.42 Å². The minimum atomic E-state index is 0.400. The number of pyridine rings is 1. The third-order valence-corrected chi connectivity index (χ3v) is 5.35. The van der Waals surface area contributed by atoms with Gasteiger partial charge in [0.15, 0.2) is 0 Å². The second-order valence-electron chi connectivity index (χ2n) is 4.47. The van der Waals surface area contributed by atoms with Crippen molar-refractivity contribution in [1.29, 1.82) is 0 Å². The molecule has 0 aliphatic carbocycles. The smallest absolute Gasteiger partial charge is 0.0456 e. The molecule has 0 spiro atoms. The fourth-order valence-corrected chi connectivity index (χ4v) is 4.43. The van der Waals surface area contributed by atoms with Crippen molar-refractivity contribution in [3.8, 4) is 0 Å². The van der Waals surface area contributed by atoms with Crippen molar-refractivity contribution in [2.75, 3.05) is 6.54 Å². The predicted octanol–water partition coefficient (Wildman–Crippen LogP) is 4.25. The number of hydrogen-bond donors (Lipinski definition) is 1. The molecule has 0 radical (unpaired) electrons. The Bertz CT molecular complexity index is 614. The van der Waals surface area contributed by atoms with E-state index in [1.807, 2.05) is 35.1 Å². The van der Waals surface area contributed by atoms with Crippen LogP contribution < -0.4 is 5.32 Å². The quantitative estimate of drug-likeness (QED) is 0.759. The van der Waals surface area contributed by atoms with Gasteiger partial charge in [-0.25, -0.2) is 0 Å². The van der Waals surface area contributed by atoms with Gasteiger partial charge < -0.3 is 5.32 Å². The van der Waals surface area contributed by atoms with Gasteiger partial charge in [-0.2, -0.15) is 0 Å². The summed E-state index contributed by atoms with van der Waals surface area (Å²) in [7, 11) is 0. The Morgan fingerprint density at radius 2 is 2.05 bits per heavy atom. The molecule has 3 aromatic rings. The Kier molecular flexibility index (Phi) is 3.92. The van der Waals surface area contributed by atoms with Crippen LogP contribution in [0.15, 0.2) is 42.0 Å². The molecule has 3 rings (SSSR count). The highest BCUT2D eigenvalue weighted by molar-refractivity contribution is 7.26. The Morgan fingerprint density at radius 1 is 1.21 bits per heavy atom. The van der Waals surface area contributed by atoms with Gasteiger partial charge in [-0.1, -0.05) is 6.92 Å². The van der Waals surface area contributed by atoms with Crippen LogP contribution in [0.3, 0.4) is 0 Å². The standard InChI is InChI=1S/C15H16N2S2/c1-2-17-12(9-11-3-6-16-7-4-11)14-10-15-13(19-14)5-8-18-15/h3-8,10,12,17H,2,9H2,1H3. The van der Waals surface area contributed by atoms with Gasteiger partial charge in [0.25, 0.3) is 0 Å². The van der Waals surface area contributed by atoms with Crippen LogP contribution >= 0.6 is 22.7 Å². The maximum Gasteiger partial charge on any atom is 0.0456 e. The minimum Gasteiger partial charge on any atom is -0.309 e. The van der Waals surface area contributed by atoms with Gasteiger partial charge in [0.2, 0.25) is 0 Å². The summed E-state index contributed by atoms with van der Waals surface area (Å²) in [5.74, 6) is 0. The van der Waals surface area contributed by atoms with E-state index in [0.29, 0.717) is 6.04 Å². The van der Waals surface area contributed by atoms with Gasteiger partial charge in [-0.15, -0.1) is 22.7 Å². The van der Waals surface area contributed by atoms with Crippen LogP contribution in [0.25, 0.3) is 9.40 Å². The number of thiophene rings is 2. The highest BCUT2D eigenvalue weighted by Crippen LogP contribution is 2.34. The highest BCUT2D eigenvalue weighted by Gasteiger charge is 2.14. The summed E-state index contributed by atoms with van der Waals surface area (Å²) in [5, 5.41) is 5.76. The summed E-state index contributed by atoms with van der Waals surface area (Å²) in [6.45, 7) is 3.15. The van der Waals surface area contributed by atoms with Crippen LogP contribution in [0, 0.1) is 0 Å². The summed E-state index contributed by atoms with van der Waals surface area (Å²) in [4.78, 5) is 5.51. The zero-order valence-corrected chi connectivity index (χ0v) is 12.4. The first-order chi connectivity index (χ1) is 9.36. The zero-order chi connectivity index (χ0) is 13.1. The third-order valence-electron chi connectivity index (χ3n) is 3.14. The van der Waals surface area contributed by atoms with E-state index in [0.717, 1.165) is 13.0 Å². The maximum absolute atomic E-state index is 4.08. The highest BCUT2D eigenvalue weighted by atomic mass is 32.1. The lowest BCUT2D eigenvalue weighted by atomic mass is 10.1. The second-order valence-corrected chi connectivity index (χ2v) is 6.53. The molecule has 0 aromatic carbocycles. The maximum atomic E-state index is 4.08. The van der Waals surface area contributed by atoms with Gasteiger partial charge in [0, 0.05) is 32.7 Å². The Hall–Kier alpha value is -1.23. The average Bonchev–Trinajstić information content (AvgIpc) is 3.00. The molecule has 98 valence electrons. The number of fused-ring (bicyclic) bond motifs is 1. The fraction of sp³-hybridized carbons (Fsp3) is 0.267. The van der Waals surface area contributed by atoms with Crippen LogP contribution in [0.4, 0.5) is 0 Å². The molecule has 0 aliphatic rings. The summed E-state index contributed by atoms with van der Waals surface area (Å²) < 4.78 is 2.80. The lowest BCUT2D eigenvalue weighted by Gasteiger charge is -2.16. The van der Waals surface area contributed by atoms with Crippen LogP contribution in [0.2, 0.25) is 0 Å². The van der Waals surface area contributed by atoms with Crippen molar-refractivity contribution in [2.24, 2.45) is 0 Å². The first kappa shape index (κ1) is 12.8. The van der Waals surface area contributed by atoms with Crippen LogP contribution in [0.5, 0.6) is 0 Å². The van der Waals surface area contributed by atoms with E-state index in [-0.39, 0.29) is 0 Å². The van der Waals surface area contributed by atoms with Crippen molar-refractivity contribution < 1.29 is 0 Å². The summed E-state index contributed by atoms with van der Waals surface area (Å²) >= 11 is 3.73. The molecule has 4 heteroatoms.